The van der Waals surface area contributed by atoms with Crippen LogP contribution in [-0.2, 0) is 4.79 Å². The maximum absolute atomic E-state index is 11.3. The highest BCUT2D eigenvalue weighted by Crippen LogP contribution is 2.25. The summed E-state index contributed by atoms with van der Waals surface area (Å²) in [6, 6.07) is 0. The Morgan fingerprint density at radius 1 is 1.69 bits per heavy atom. The fourth-order valence-corrected chi connectivity index (χ4v) is 2.37. The van der Waals surface area contributed by atoms with E-state index >= 15 is 0 Å². The zero-order valence-electron chi connectivity index (χ0n) is 7.40. The number of carbonyl (C=O) groups excluding carboxylic acids is 1. The van der Waals surface area contributed by atoms with E-state index in [-0.39, 0.29) is 24.3 Å². The molecule has 1 rings (SSSR count). The second-order valence-electron chi connectivity index (χ2n) is 3.08. The first-order valence-corrected chi connectivity index (χ1v) is 5.47. The molecule has 1 aliphatic rings. The molecular weight excluding hydrogens is 190 g/mol. The van der Waals surface area contributed by atoms with Crippen molar-refractivity contribution in [2.24, 2.45) is 0 Å². The zero-order chi connectivity index (χ0) is 9.68. The second-order valence-corrected chi connectivity index (χ2v) is 4.39. The zero-order valence-corrected chi connectivity index (χ0v) is 8.22. The van der Waals surface area contributed by atoms with Gasteiger partial charge in [-0.2, -0.15) is 0 Å². The maximum Gasteiger partial charge on any atom is 0.233 e. The van der Waals surface area contributed by atoms with Crippen molar-refractivity contribution in [2.75, 3.05) is 18.9 Å². The maximum atomic E-state index is 11.3. The third kappa shape index (κ3) is 3.54. The molecule has 0 radical (unpaired) electrons. The van der Waals surface area contributed by atoms with E-state index in [2.05, 4.69) is 5.32 Å². The molecule has 13 heavy (non-hydrogen) atoms. The van der Waals surface area contributed by atoms with E-state index in [1.54, 1.807) is 11.8 Å². The number of hydrogen-bond acceptors (Lipinski definition) is 4. The highest BCUT2D eigenvalue weighted by atomic mass is 32.2. The summed E-state index contributed by atoms with van der Waals surface area (Å²) < 4.78 is 0. The Balaban J connectivity index is 2.16. The average molecular weight is 205 g/mol. The topological polar surface area (TPSA) is 69.6 Å². The average Bonchev–Trinajstić information content (AvgIpc) is 2.66. The molecule has 1 saturated heterocycles. The van der Waals surface area contributed by atoms with E-state index in [9.17, 15) is 4.79 Å². The van der Waals surface area contributed by atoms with E-state index in [0.717, 1.165) is 18.6 Å². The lowest BCUT2D eigenvalue weighted by Gasteiger charge is -2.11. The van der Waals surface area contributed by atoms with Crippen LogP contribution in [0.3, 0.4) is 0 Å². The second kappa shape index (κ2) is 5.47. The lowest BCUT2D eigenvalue weighted by Crippen LogP contribution is -2.38. The number of thioether (sulfide) groups is 1. The molecule has 76 valence electrons. The highest BCUT2D eigenvalue weighted by Gasteiger charge is 2.23. The van der Waals surface area contributed by atoms with Crippen molar-refractivity contribution in [1.82, 2.24) is 5.32 Å². The van der Waals surface area contributed by atoms with Gasteiger partial charge in [0.15, 0.2) is 0 Å². The van der Waals surface area contributed by atoms with Gasteiger partial charge in [-0.15, -0.1) is 11.8 Å². The molecule has 2 unspecified atom stereocenters. The molecule has 0 aliphatic carbocycles. The number of amides is 1. The summed E-state index contributed by atoms with van der Waals surface area (Å²) in [7, 11) is 0. The minimum atomic E-state index is -0.838. The summed E-state index contributed by atoms with van der Waals surface area (Å²) >= 11 is 1.65. The Hall–Kier alpha value is -0.260. The predicted octanol–water partition coefficient (Wildman–Crippen LogP) is -0.649. The normalized spacial score (nSPS) is 24.3. The largest absolute Gasteiger partial charge is 0.394 e. The van der Waals surface area contributed by atoms with Gasteiger partial charge in [0.2, 0.25) is 5.91 Å². The molecule has 3 N–H and O–H groups in total. The summed E-state index contributed by atoms with van der Waals surface area (Å²) in [6.45, 7) is -0.162. The smallest absolute Gasteiger partial charge is 0.233 e. The van der Waals surface area contributed by atoms with E-state index in [4.69, 9.17) is 10.2 Å². The minimum absolute atomic E-state index is 0.0185. The third-order valence-electron chi connectivity index (χ3n) is 1.94. The van der Waals surface area contributed by atoms with Crippen LogP contribution in [0.4, 0.5) is 0 Å². The molecular formula is C8H15NO3S. The molecule has 2 atom stereocenters. The molecule has 1 aliphatic heterocycles. The molecule has 0 aromatic heterocycles. The standard InChI is InChI=1S/C8H15NO3S/c10-5-6(11)4-9-8(12)7-2-1-3-13-7/h6-7,10-11H,1-5H2,(H,9,12). The Kier molecular flexibility index (Phi) is 4.55. The van der Waals surface area contributed by atoms with Crippen LogP contribution < -0.4 is 5.32 Å². The first-order valence-electron chi connectivity index (χ1n) is 4.42. The van der Waals surface area contributed by atoms with Gasteiger partial charge in [-0.05, 0) is 18.6 Å². The van der Waals surface area contributed by atoms with Crippen LogP contribution in [0.15, 0.2) is 0 Å². The summed E-state index contributed by atoms with van der Waals surface area (Å²) in [6.07, 6.45) is 1.17. The van der Waals surface area contributed by atoms with E-state index in [1.165, 1.54) is 0 Å². The monoisotopic (exact) mass is 205 g/mol. The molecule has 4 nitrogen and oxygen atoms in total. The summed E-state index contributed by atoms with van der Waals surface area (Å²) in [5.74, 6) is 1.02. The van der Waals surface area contributed by atoms with E-state index in [0.29, 0.717) is 0 Å². The quantitative estimate of drug-likeness (QED) is 0.570. The molecule has 0 saturated carbocycles. The number of hydrogen-bond donors (Lipinski definition) is 3. The number of nitrogens with one attached hydrogen (secondary N) is 1. The fourth-order valence-electron chi connectivity index (χ4n) is 1.18. The molecule has 0 aromatic carbocycles. The molecule has 0 spiro atoms. The summed E-state index contributed by atoms with van der Waals surface area (Å²) in [5.41, 5.74) is 0. The molecule has 1 amide bonds. The molecule has 0 aromatic rings. The van der Waals surface area contributed by atoms with Crippen LogP contribution in [0.2, 0.25) is 0 Å². The van der Waals surface area contributed by atoms with Gasteiger partial charge >= 0.3 is 0 Å². The van der Waals surface area contributed by atoms with Crippen molar-refractivity contribution in [1.29, 1.82) is 0 Å². The Morgan fingerprint density at radius 2 is 2.46 bits per heavy atom. The van der Waals surface area contributed by atoms with Gasteiger partial charge in [-0.3, -0.25) is 4.79 Å². The van der Waals surface area contributed by atoms with Crippen molar-refractivity contribution in [2.45, 2.75) is 24.2 Å². The third-order valence-corrected chi connectivity index (χ3v) is 3.32. The molecule has 1 fully saturated rings. The van der Waals surface area contributed by atoms with Crippen LogP contribution in [0.25, 0.3) is 0 Å². The van der Waals surface area contributed by atoms with Crippen molar-refractivity contribution in [3.05, 3.63) is 0 Å². The molecule has 0 bridgehead atoms. The van der Waals surface area contributed by atoms with Gasteiger partial charge in [0, 0.05) is 6.54 Å². The first kappa shape index (κ1) is 10.8. The van der Waals surface area contributed by atoms with Crippen LogP contribution >= 0.6 is 11.8 Å². The van der Waals surface area contributed by atoms with Gasteiger partial charge in [-0.25, -0.2) is 0 Å². The highest BCUT2D eigenvalue weighted by molar-refractivity contribution is 8.00. The number of aliphatic hydroxyl groups is 2. The van der Waals surface area contributed by atoms with Crippen LogP contribution in [-0.4, -0.2) is 46.4 Å². The lowest BCUT2D eigenvalue weighted by atomic mass is 10.2. The van der Waals surface area contributed by atoms with Crippen molar-refractivity contribution in [3.8, 4) is 0 Å². The molecule has 5 heteroatoms. The predicted molar refractivity (Wildman–Crippen MR) is 51.6 cm³/mol. The first-order chi connectivity index (χ1) is 6.24. The Labute approximate surface area is 81.7 Å². The number of carbonyl (C=O) groups is 1. The van der Waals surface area contributed by atoms with Gasteiger partial charge in [0.25, 0.3) is 0 Å². The van der Waals surface area contributed by atoms with Crippen molar-refractivity contribution < 1.29 is 15.0 Å². The van der Waals surface area contributed by atoms with Gasteiger partial charge in [0.05, 0.1) is 18.0 Å². The Bertz CT molecular complexity index is 171. The molecule has 1 heterocycles. The van der Waals surface area contributed by atoms with Crippen molar-refractivity contribution in [3.63, 3.8) is 0 Å². The number of aliphatic hydroxyl groups excluding tert-OH is 2. The number of rotatable bonds is 4. The SMILES string of the molecule is O=C(NCC(O)CO)C1CCCS1. The van der Waals surface area contributed by atoms with Crippen molar-refractivity contribution >= 4 is 17.7 Å². The van der Waals surface area contributed by atoms with Gasteiger partial charge in [0.1, 0.15) is 0 Å². The van der Waals surface area contributed by atoms with Crippen LogP contribution in [0.5, 0.6) is 0 Å². The van der Waals surface area contributed by atoms with E-state index < -0.39 is 6.10 Å². The lowest BCUT2D eigenvalue weighted by molar-refractivity contribution is -0.121. The van der Waals surface area contributed by atoms with E-state index in [1.807, 2.05) is 0 Å². The van der Waals surface area contributed by atoms with Gasteiger partial charge < -0.3 is 15.5 Å². The fraction of sp³-hybridized carbons (Fsp3) is 0.875. The van der Waals surface area contributed by atoms with Gasteiger partial charge in [-0.1, -0.05) is 0 Å². The minimum Gasteiger partial charge on any atom is -0.394 e. The Morgan fingerprint density at radius 3 is 3.00 bits per heavy atom. The summed E-state index contributed by atoms with van der Waals surface area (Å²) in [5, 5.41) is 20.1. The summed E-state index contributed by atoms with van der Waals surface area (Å²) in [4.78, 5) is 11.3. The van der Waals surface area contributed by atoms with Crippen LogP contribution in [0.1, 0.15) is 12.8 Å². The van der Waals surface area contributed by atoms with Crippen LogP contribution in [0, 0.1) is 0 Å².